The molecule has 0 aromatic heterocycles. The van der Waals surface area contributed by atoms with Gasteiger partial charge in [-0.25, -0.2) is 0 Å². The van der Waals surface area contributed by atoms with E-state index >= 15 is 0 Å². The van der Waals surface area contributed by atoms with Crippen LogP contribution in [-0.2, 0) is 0 Å². The van der Waals surface area contributed by atoms with Crippen LogP contribution >= 0.6 is 0 Å². The average molecular weight is 267 g/mol. The van der Waals surface area contributed by atoms with Crippen LogP contribution in [0.3, 0.4) is 0 Å². The lowest BCUT2D eigenvalue weighted by atomic mass is 9.95. The molecule has 0 bridgehead atoms. The zero-order valence-corrected chi connectivity index (χ0v) is 12.7. The topological polar surface area (TPSA) is 12.0 Å². The molecule has 1 nitrogen and oxygen atoms in total. The molecule has 0 unspecified atom stereocenters. The van der Waals surface area contributed by atoms with E-state index in [2.05, 4.69) is 61.7 Å². The van der Waals surface area contributed by atoms with E-state index in [0.29, 0.717) is 0 Å². The molecule has 20 heavy (non-hydrogen) atoms. The lowest BCUT2D eigenvalue weighted by molar-refractivity contribution is 0.497. The lowest BCUT2D eigenvalue weighted by Crippen LogP contribution is -2.17. The van der Waals surface area contributed by atoms with E-state index in [-0.39, 0.29) is 5.41 Å². The second-order valence-corrected chi connectivity index (χ2v) is 6.93. The first kappa shape index (κ1) is 13.5. The summed E-state index contributed by atoms with van der Waals surface area (Å²) in [6.07, 6.45) is 12.6. The Labute approximate surface area is 122 Å². The van der Waals surface area contributed by atoms with Gasteiger partial charge in [-0.1, -0.05) is 69.2 Å². The van der Waals surface area contributed by atoms with Crippen molar-refractivity contribution in [2.24, 2.45) is 11.3 Å². The van der Waals surface area contributed by atoms with Gasteiger partial charge in [-0.2, -0.15) is 0 Å². The summed E-state index contributed by atoms with van der Waals surface area (Å²) in [6.45, 7) is 5.57. The quantitative estimate of drug-likeness (QED) is 0.824. The van der Waals surface area contributed by atoms with Gasteiger partial charge in [0, 0.05) is 17.7 Å². The standard InChI is InChI=1S/C19H25N/c1-19(2)13-18(20-14-19)17-11-9-16(10-12-17)8-7-15-5-3-4-6-15/h7-13,15,20H,3-6,14H2,1-2H3/b8-7+. The third-order valence-electron chi connectivity index (χ3n) is 4.45. The van der Waals surface area contributed by atoms with Crippen LogP contribution in [0.15, 0.2) is 36.4 Å². The minimum atomic E-state index is 0.274. The van der Waals surface area contributed by atoms with Gasteiger partial charge in [-0.15, -0.1) is 0 Å². The Morgan fingerprint density at radius 2 is 1.80 bits per heavy atom. The Morgan fingerprint density at radius 1 is 1.10 bits per heavy atom. The van der Waals surface area contributed by atoms with Crippen LogP contribution in [0.4, 0.5) is 0 Å². The van der Waals surface area contributed by atoms with Crippen molar-refractivity contribution in [2.75, 3.05) is 6.54 Å². The van der Waals surface area contributed by atoms with Crippen molar-refractivity contribution in [3.05, 3.63) is 47.5 Å². The molecule has 1 aliphatic carbocycles. The second-order valence-electron chi connectivity index (χ2n) is 6.93. The predicted octanol–water partition coefficient (Wildman–Crippen LogP) is 4.86. The fourth-order valence-electron chi connectivity index (χ4n) is 3.17. The molecule has 0 atom stereocenters. The van der Waals surface area contributed by atoms with Gasteiger partial charge < -0.3 is 5.32 Å². The molecule has 1 fully saturated rings. The summed E-state index contributed by atoms with van der Waals surface area (Å²) in [5, 5.41) is 3.50. The summed E-state index contributed by atoms with van der Waals surface area (Å²) in [7, 11) is 0. The average Bonchev–Trinajstić information content (AvgIpc) is 3.06. The van der Waals surface area contributed by atoms with Crippen LogP contribution in [0.25, 0.3) is 11.8 Å². The highest BCUT2D eigenvalue weighted by Crippen LogP contribution is 2.29. The van der Waals surface area contributed by atoms with Crippen LogP contribution < -0.4 is 5.32 Å². The fraction of sp³-hybridized carbons (Fsp3) is 0.474. The van der Waals surface area contributed by atoms with Gasteiger partial charge in [0.15, 0.2) is 0 Å². The number of benzene rings is 1. The molecule has 1 heterocycles. The number of hydrogen-bond acceptors (Lipinski definition) is 1. The van der Waals surface area contributed by atoms with Crippen molar-refractivity contribution >= 4 is 11.8 Å². The van der Waals surface area contributed by atoms with Gasteiger partial charge in [0.25, 0.3) is 0 Å². The maximum atomic E-state index is 3.50. The zero-order chi connectivity index (χ0) is 14.0. The SMILES string of the molecule is CC1(C)C=C(c2ccc(/C=C/C3CCCC3)cc2)NC1. The van der Waals surface area contributed by atoms with E-state index in [0.717, 1.165) is 12.5 Å². The normalized spacial score (nSPS) is 22.2. The summed E-state index contributed by atoms with van der Waals surface area (Å²) in [5.74, 6) is 0.815. The highest BCUT2D eigenvalue weighted by molar-refractivity contribution is 5.68. The molecular formula is C19H25N. The van der Waals surface area contributed by atoms with Crippen LogP contribution in [0.1, 0.15) is 50.7 Å². The van der Waals surface area contributed by atoms with Crippen LogP contribution in [0.2, 0.25) is 0 Å². The Balaban J connectivity index is 1.68. The molecule has 0 radical (unpaired) electrons. The van der Waals surface area contributed by atoms with Crippen LogP contribution in [0.5, 0.6) is 0 Å². The number of nitrogens with one attached hydrogen (secondary N) is 1. The molecule has 1 N–H and O–H groups in total. The first-order valence-electron chi connectivity index (χ1n) is 7.88. The third-order valence-corrected chi connectivity index (χ3v) is 4.45. The van der Waals surface area contributed by atoms with Crippen LogP contribution in [0, 0.1) is 11.3 Å². The summed E-state index contributed by atoms with van der Waals surface area (Å²) >= 11 is 0. The number of hydrogen-bond donors (Lipinski definition) is 1. The molecule has 106 valence electrons. The fourth-order valence-corrected chi connectivity index (χ4v) is 3.17. The number of rotatable bonds is 3. The highest BCUT2D eigenvalue weighted by Gasteiger charge is 2.22. The summed E-state index contributed by atoms with van der Waals surface area (Å²) in [6, 6.07) is 8.92. The van der Waals surface area contributed by atoms with Gasteiger partial charge in [0.2, 0.25) is 0 Å². The molecule has 1 saturated carbocycles. The molecule has 1 aromatic carbocycles. The van der Waals surface area contributed by atoms with Gasteiger partial charge in [0.1, 0.15) is 0 Å². The molecule has 1 aromatic rings. The van der Waals surface area contributed by atoms with E-state index in [1.165, 1.54) is 42.5 Å². The van der Waals surface area contributed by atoms with Crippen molar-refractivity contribution in [1.82, 2.24) is 5.32 Å². The summed E-state index contributed by atoms with van der Waals surface area (Å²) < 4.78 is 0. The lowest BCUT2D eigenvalue weighted by Gasteiger charge is -2.11. The van der Waals surface area contributed by atoms with E-state index in [9.17, 15) is 0 Å². The summed E-state index contributed by atoms with van der Waals surface area (Å²) in [5.41, 5.74) is 4.17. The van der Waals surface area contributed by atoms with Crippen LogP contribution in [-0.4, -0.2) is 6.54 Å². The van der Waals surface area contributed by atoms with E-state index in [1.807, 2.05) is 0 Å². The van der Waals surface area contributed by atoms with E-state index < -0.39 is 0 Å². The largest absolute Gasteiger partial charge is 0.384 e. The van der Waals surface area contributed by atoms with Crippen molar-refractivity contribution in [1.29, 1.82) is 0 Å². The van der Waals surface area contributed by atoms with Gasteiger partial charge >= 0.3 is 0 Å². The molecule has 3 rings (SSSR count). The van der Waals surface area contributed by atoms with Gasteiger partial charge in [-0.3, -0.25) is 0 Å². The van der Waals surface area contributed by atoms with Crippen molar-refractivity contribution < 1.29 is 0 Å². The Morgan fingerprint density at radius 3 is 2.40 bits per heavy atom. The molecule has 0 amide bonds. The van der Waals surface area contributed by atoms with Crippen molar-refractivity contribution in [3.8, 4) is 0 Å². The van der Waals surface area contributed by atoms with Gasteiger partial charge in [-0.05, 0) is 29.9 Å². The summed E-state index contributed by atoms with van der Waals surface area (Å²) in [4.78, 5) is 0. The predicted molar refractivity (Wildman–Crippen MR) is 87.2 cm³/mol. The molecule has 2 aliphatic rings. The second kappa shape index (κ2) is 5.47. The number of allylic oxidation sites excluding steroid dienone is 1. The molecule has 1 aliphatic heterocycles. The first-order chi connectivity index (χ1) is 9.62. The maximum Gasteiger partial charge on any atom is 0.0379 e. The zero-order valence-electron chi connectivity index (χ0n) is 12.7. The molecular weight excluding hydrogens is 242 g/mol. The molecule has 0 spiro atoms. The third kappa shape index (κ3) is 3.15. The highest BCUT2D eigenvalue weighted by atomic mass is 14.9. The Kier molecular flexibility index (Phi) is 3.69. The first-order valence-corrected chi connectivity index (χ1v) is 7.88. The maximum absolute atomic E-state index is 3.50. The van der Waals surface area contributed by atoms with Crippen molar-refractivity contribution in [3.63, 3.8) is 0 Å². The van der Waals surface area contributed by atoms with E-state index in [4.69, 9.17) is 0 Å². The van der Waals surface area contributed by atoms with Crippen molar-refractivity contribution in [2.45, 2.75) is 39.5 Å². The van der Waals surface area contributed by atoms with E-state index in [1.54, 1.807) is 0 Å². The Bertz CT molecular complexity index is 513. The molecule has 1 heteroatoms. The molecule has 0 saturated heterocycles. The minimum Gasteiger partial charge on any atom is -0.384 e. The minimum absolute atomic E-state index is 0.274. The monoisotopic (exact) mass is 267 g/mol. The van der Waals surface area contributed by atoms with Gasteiger partial charge in [0.05, 0.1) is 0 Å². The Hall–Kier alpha value is -1.50. The smallest absolute Gasteiger partial charge is 0.0379 e.